The van der Waals surface area contributed by atoms with E-state index < -0.39 is 0 Å². The molecule has 0 radical (unpaired) electrons. The van der Waals surface area contributed by atoms with Crippen molar-refractivity contribution in [2.24, 2.45) is 17.1 Å². The minimum absolute atomic E-state index is 0.342. The van der Waals surface area contributed by atoms with Crippen LogP contribution in [0.15, 0.2) is 0 Å². The molecule has 96 valence electrons. The van der Waals surface area contributed by atoms with Gasteiger partial charge in [0.1, 0.15) is 0 Å². The van der Waals surface area contributed by atoms with Crippen molar-refractivity contribution in [2.45, 2.75) is 33.1 Å². The van der Waals surface area contributed by atoms with Crippen LogP contribution in [-0.4, -0.2) is 44.8 Å². The van der Waals surface area contributed by atoms with Gasteiger partial charge in [0.25, 0.3) is 0 Å². The summed E-state index contributed by atoms with van der Waals surface area (Å²) < 4.78 is 5.39. The van der Waals surface area contributed by atoms with E-state index in [0.717, 1.165) is 38.6 Å². The van der Waals surface area contributed by atoms with Crippen molar-refractivity contribution in [3.8, 4) is 0 Å². The van der Waals surface area contributed by atoms with Crippen molar-refractivity contribution in [2.75, 3.05) is 39.9 Å². The largest absolute Gasteiger partial charge is 0.381 e. The maximum absolute atomic E-state index is 5.64. The summed E-state index contributed by atoms with van der Waals surface area (Å²) in [6.45, 7) is 9.65. The first kappa shape index (κ1) is 13.9. The summed E-state index contributed by atoms with van der Waals surface area (Å²) in [4.78, 5) is 2.46. The average molecular weight is 228 g/mol. The van der Waals surface area contributed by atoms with Crippen LogP contribution in [0.2, 0.25) is 0 Å². The lowest BCUT2D eigenvalue weighted by atomic mass is 9.88. The Morgan fingerprint density at radius 3 is 2.50 bits per heavy atom. The molecule has 0 atom stereocenters. The van der Waals surface area contributed by atoms with Gasteiger partial charge in [0.2, 0.25) is 0 Å². The standard InChI is InChI=1S/C13H28N2O/c1-13(2,6-7-14)11-15(3)10-12-4-8-16-9-5-12/h12H,4-11,14H2,1-3H3. The number of nitrogens with two attached hydrogens (primary N) is 1. The summed E-state index contributed by atoms with van der Waals surface area (Å²) in [5.41, 5.74) is 5.98. The summed E-state index contributed by atoms with van der Waals surface area (Å²) >= 11 is 0. The SMILES string of the molecule is CN(CC1CCOCC1)CC(C)(C)CCN. The topological polar surface area (TPSA) is 38.5 Å². The van der Waals surface area contributed by atoms with E-state index in [0.29, 0.717) is 5.41 Å². The predicted octanol–water partition coefficient (Wildman–Crippen LogP) is 1.72. The van der Waals surface area contributed by atoms with Crippen LogP contribution < -0.4 is 5.73 Å². The zero-order valence-corrected chi connectivity index (χ0v) is 11.2. The van der Waals surface area contributed by atoms with Crippen molar-refractivity contribution >= 4 is 0 Å². The second kappa shape index (κ2) is 6.58. The molecule has 0 aromatic heterocycles. The lowest BCUT2D eigenvalue weighted by Gasteiger charge is -2.33. The first-order chi connectivity index (χ1) is 7.53. The molecular weight excluding hydrogens is 200 g/mol. The highest BCUT2D eigenvalue weighted by Gasteiger charge is 2.22. The molecule has 0 saturated carbocycles. The molecule has 0 aromatic rings. The first-order valence-electron chi connectivity index (χ1n) is 6.50. The molecule has 3 nitrogen and oxygen atoms in total. The quantitative estimate of drug-likeness (QED) is 0.752. The van der Waals surface area contributed by atoms with Crippen molar-refractivity contribution in [3.05, 3.63) is 0 Å². The van der Waals surface area contributed by atoms with Crippen LogP contribution >= 0.6 is 0 Å². The molecule has 1 aliphatic rings. The van der Waals surface area contributed by atoms with E-state index in [1.165, 1.54) is 19.4 Å². The summed E-state index contributed by atoms with van der Waals surface area (Å²) in [5.74, 6) is 0.826. The Labute approximate surface area is 100 Å². The Kier molecular flexibility index (Phi) is 5.73. The Morgan fingerprint density at radius 1 is 1.31 bits per heavy atom. The number of nitrogens with zero attached hydrogens (tertiary/aromatic N) is 1. The Bertz CT molecular complexity index is 188. The monoisotopic (exact) mass is 228 g/mol. The lowest BCUT2D eigenvalue weighted by molar-refractivity contribution is 0.0510. The van der Waals surface area contributed by atoms with E-state index in [-0.39, 0.29) is 0 Å². The highest BCUT2D eigenvalue weighted by molar-refractivity contribution is 4.75. The highest BCUT2D eigenvalue weighted by atomic mass is 16.5. The minimum Gasteiger partial charge on any atom is -0.381 e. The van der Waals surface area contributed by atoms with Crippen LogP contribution in [0.1, 0.15) is 33.1 Å². The van der Waals surface area contributed by atoms with Gasteiger partial charge < -0.3 is 15.4 Å². The third-order valence-electron chi connectivity index (χ3n) is 3.43. The second-order valence-electron chi connectivity index (χ2n) is 5.96. The van der Waals surface area contributed by atoms with E-state index in [4.69, 9.17) is 10.5 Å². The summed E-state index contributed by atoms with van der Waals surface area (Å²) in [5, 5.41) is 0. The molecule has 1 heterocycles. The van der Waals surface area contributed by atoms with Gasteiger partial charge in [0.05, 0.1) is 0 Å². The number of hydrogen-bond donors (Lipinski definition) is 1. The zero-order chi connectivity index (χ0) is 12.0. The molecule has 0 spiro atoms. The van der Waals surface area contributed by atoms with Crippen LogP contribution in [-0.2, 0) is 4.74 Å². The molecular formula is C13H28N2O. The van der Waals surface area contributed by atoms with Crippen molar-refractivity contribution < 1.29 is 4.74 Å². The summed E-state index contributed by atoms with van der Waals surface area (Å²) in [6, 6.07) is 0. The number of ether oxygens (including phenoxy) is 1. The molecule has 1 aliphatic heterocycles. The molecule has 1 saturated heterocycles. The van der Waals surface area contributed by atoms with Crippen molar-refractivity contribution in [3.63, 3.8) is 0 Å². The van der Waals surface area contributed by atoms with E-state index in [1.54, 1.807) is 0 Å². The van der Waals surface area contributed by atoms with Gasteiger partial charge in [-0.05, 0) is 44.2 Å². The second-order valence-corrected chi connectivity index (χ2v) is 5.96. The van der Waals surface area contributed by atoms with Crippen LogP contribution in [0.4, 0.5) is 0 Å². The highest BCUT2D eigenvalue weighted by Crippen LogP contribution is 2.22. The molecule has 0 aliphatic carbocycles. The van der Waals surface area contributed by atoms with Gasteiger partial charge in [-0.25, -0.2) is 0 Å². The fourth-order valence-electron chi connectivity index (χ4n) is 2.63. The van der Waals surface area contributed by atoms with Crippen LogP contribution in [0.3, 0.4) is 0 Å². The number of rotatable bonds is 6. The van der Waals surface area contributed by atoms with Gasteiger partial charge in [-0.2, -0.15) is 0 Å². The smallest absolute Gasteiger partial charge is 0.0469 e. The first-order valence-corrected chi connectivity index (χ1v) is 6.50. The van der Waals surface area contributed by atoms with E-state index in [1.807, 2.05) is 0 Å². The molecule has 2 N–H and O–H groups in total. The van der Waals surface area contributed by atoms with Gasteiger partial charge >= 0.3 is 0 Å². The van der Waals surface area contributed by atoms with Gasteiger partial charge in [-0.1, -0.05) is 13.8 Å². The molecule has 3 heteroatoms. The molecule has 1 rings (SSSR count). The van der Waals surface area contributed by atoms with Gasteiger partial charge in [-0.3, -0.25) is 0 Å². The minimum atomic E-state index is 0.342. The molecule has 16 heavy (non-hydrogen) atoms. The van der Waals surface area contributed by atoms with E-state index in [9.17, 15) is 0 Å². The van der Waals surface area contributed by atoms with Gasteiger partial charge in [0, 0.05) is 26.3 Å². The Morgan fingerprint density at radius 2 is 1.94 bits per heavy atom. The Balaban J connectivity index is 2.25. The van der Waals surface area contributed by atoms with Crippen LogP contribution in [0.25, 0.3) is 0 Å². The van der Waals surface area contributed by atoms with Crippen LogP contribution in [0, 0.1) is 11.3 Å². The fourth-order valence-corrected chi connectivity index (χ4v) is 2.63. The van der Waals surface area contributed by atoms with Crippen molar-refractivity contribution in [1.82, 2.24) is 4.90 Å². The molecule has 1 fully saturated rings. The summed E-state index contributed by atoms with van der Waals surface area (Å²) in [6.07, 6.45) is 3.55. The lowest BCUT2D eigenvalue weighted by Crippen LogP contribution is -2.37. The average Bonchev–Trinajstić information content (AvgIpc) is 2.17. The van der Waals surface area contributed by atoms with E-state index >= 15 is 0 Å². The Hall–Kier alpha value is -0.120. The predicted molar refractivity (Wildman–Crippen MR) is 68.5 cm³/mol. The number of hydrogen-bond acceptors (Lipinski definition) is 3. The molecule has 0 amide bonds. The van der Waals surface area contributed by atoms with Crippen LogP contribution in [0.5, 0.6) is 0 Å². The molecule has 0 aromatic carbocycles. The zero-order valence-electron chi connectivity index (χ0n) is 11.2. The third-order valence-corrected chi connectivity index (χ3v) is 3.43. The molecule has 0 unspecified atom stereocenters. The van der Waals surface area contributed by atoms with Gasteiger partial charge in [0.15, 0.2) is 0 Å². The molecule has 0 bridgehead atoms. The fraction of sp³-hybridized carbons (Fsp3) is 1.00. The van der Waals surface area contributed by atoms with Crippen molar-refractivity contribution in [1.29, 1.82) is 0 Å². The van der Waals surface area contributed by atoms with Gasteiger partial charge in [-0.15, -0.1) is 0 Å². The summed E-state index contributed by atoms with van der Waals surface area (Å²) in [7, 11) is 2.23. The van der Waals surface area contributed by atoms with E-state index in [2.05, 4.69) is 25.8 Å². The third kappa shape index (κ3) is 5.28. The maximum atomic E-state index is 5.64. The maximum Gasteiger partial charge on any atom is 0.0469 e. The normalized spacial score (nSPS) is 19.3.